The van der Waals surface area contributed by atoms with Crippen LogP contribution in [0.1, 0.15) is 16.1 Å². The van der Waals surface area contributed by atoms with E-state index in [1.165, 1.54) is 17.5 Å². The fourth-order valence-corrected chi connectivity index (χ4v) is 2.27. The Bertz CT molecular complexity index is 641. The predicted octanol–water partition coefficient (Wildman–Crippen LogP) is 2.63. The molecule has 0 spiro atoms. The first-order chi connectivity index (χ1) is 10.4. The second-order valence-corrected chi connectivity index (χ2v) is 5.08. The normalized spacial score (nSPS) is 11.3. The summed E-state index contributed by atoms with van der Waals surface area (Å²) in [5.41, 5.74) is -0.126. The highest BCUT2D eigenvalue weighted by Gasteiger charge is 2.29. The van der Waals surface area contributed by atoms with Gasteiger partial charge < -0.3 is 15.7 Å². The number of thiazole rings is 1. The minimum atomic E-state index is -4.38. The van der Waals surface area contributed by atoms with E-state index in [0.29, 0.717) is 10.8 Å². The second kappa shape index (κ2) is 6.75. The fourth-order valence-electron chi connectivity index (χ4n) is 1.56. The van der Waals surface area contributed by atoms with E-state index in [1.54, 1.807) is 0 Å². The van der Waals surface area contributed by atoms with Gasteiger partial charge in [-0.05, 0) is 24.3 Å². The SMILES string of the molecule is O=C(NCCO)c1csc(Nc2ccc(C(F)(F)F)cc2)n1. The lowest BCUT2D eigenvalue weighted by atomic mass is 10.2. The quantitative estimate of drug-likeness (QED) is 0.787. The van der Waals surface area contributed by atoms with Crippen LogP contribution < -0.4 is 10.6 Å². The minimum Gasteiger partial charge on any atom is -0.395 e. The van der Waals surface area contributed by atoms with Crippen molar-refractivity contribution in [2.75, 3.05) is 18.5 Å². The highest BCUT2D eigenvalue weighted by molar-refractivity contribution is 7.14. The van der Waals surface area contributed by atoms with Crippen molar-refractivity contribution in [3.8, 4) is 0 Å². The lowest BCUT2D eigenvalue weighted by molar-refractivity contribution is -0.137. The van der Waals surface area contributed by atoms with Crippen molar-refractivity contribution in [3.63, 3.8) is 0 Å². The number of nitrogens with zero attached hydrogens (tertiary/aromatic N) is 1. The molecule has 0 unspecified atom stereocenters. The number of benzene rings is 1. The van der Waals surface area contributed by atoms with Gasteiger partial charge in [0.15, 0.2) is 5.13 Å². The van der Waals surface area contributed by atoms with Crippen molar-refractivity contribution in [3.05, 3.63) is 40.9 Å². The molecule has 2 rings (SSSR count). The molecule has 0 aliphatic rings. The molecule has 0 fully saturated rings. The molecule has 0 aliphatic carbocycles. The Morgan fingerprint density at radius 3 is 2.55 bits per heavy atom. The van der Waals surface area contributed by atoms with Crippen LogP contribution in [0.2, 0.25) is 0 Å². The van der Waals surface area contributed by atoms with Crippen molar-refractivity contribution < 1.29 is 23.1 Å². The Morgan fingerprint density at radius 2 is 1.95 bits per heavy atom. The first-order valence-electron chi connectivity index (χ1n) is 6.19. The van der Waals surface area contributed by atoms with Gasteiger partial charge in [0.05, 0.1) is 12.2 Å². The van der Waals surface area contributed by atoms with E-state index >= 15 is 0 Å². The van der Waals surface area contributed by atoms with Crippen molar-refractivity contribution in [2.24, 2.45) is 0 Å². The topological polar surface area (TPSA) is 74.2 Å². The number of hydrogen-bond acceptors (Lipinski definition) is 5. The largest absolute Gasteiger partial charge is 0.416 e. The van der Waals surface area contributed by atoms with Gasteiger partial charge in [-0.25, -0.2) is 4.98 Å². The summed E-state index contributed by atoms with van der Waals surface area (Å²) in [6, 6.07) is 4.50. The number of anilines is 2. The van der Waals surface area contributed by atoms with Gasteiger partial charge in [-0.15, -0.1) is 11.3 Å². The van der Waals surface area contributed by atoms with Crippen LogP contribution in [0.3, 0.4) is 0 Å². The van der Waals surface area contributed by atoms with E-state index in [0.717, 1.165) is 23.5 Å². The number of aromatic nitrogens is 1. The van der Waals surface area contributed by atoms with Crippen LogP contribution in [0.4, 0.5) is 24.0 Å². The summed E-state index contributed by atoms with van der Waals surface area (Å²) in [4.78, 5) is 15.6. The molecule has 1 heterocycles. The zero-order valence-corrected chi connectivity index (χ0v) is 12.0. The second-order valence-electron chi connectivity index (χ2n) is 4.22. The van der Waals surface area contributed by atoms with E-state index < -0.39 is 17.6 Å². The third-order valence-corrected chi connectivity index (χ3v) is 3.36. The van der Waals surface area contributed by atoms with Crippen molar-refractivity contribution in [1.82, 2.24) is 10.3 Å². The number of hydrogen-bond donors (Lipinski definition) is 3. The zero-order chi connectivity index (χ0) is 16.2. The van der Waals surface area contributed by atoms with Gasteiger partial charge in [-0.3, -0.25) is 4.79 Å². The van der Waals surface area contributed by atoms with E-state index in [1.807, 2.05) is 0 Å². The standard InChI is InChI=1S/C13H12F3N3O2S/c14-13(15,16)8-1-3-9(4-2-8)18-12-19-10(7-22-12)11(21)17-5-6-20/h1-4,7,20H,5-6H2,(H,17,21)(H,18,19). The monoisotopic (exact) mass is 331 g/mol. The Kier molecular flexibility index (Phi) is 4.99. The summed E-state index contributed by atoms with van der Waals surface area (Å²) in [6.07, 6.45) is -4.38. The van der Waals surface area contributed by atoms with Gasteiger partial charge >= 0.3 is 6.18 Å². The van der Waals surface area contributed by atoms with Gasteiger partial charge in [0.1, 0.15) is 5.69 Å². The van der Waals surface area contributed by atoms with E-state index in [2.05, 4.69) is 15.6 Å². The van der Waals surface area contributed by atoms with Crippen molar-refractivity contribution in [2.45, 2.75) is 6.18 Å². The molecule has 9 heteroatoms. The molecule has 1 amide bonds. The minimum absolute atomic E-state index is 0.123. The Hall–Kier alpha value is -2.13. The molecule has 0 bridgehead atoms. The van der Waals surface area contributed by atoms with Crippen LogP contribution in [0.15, 0.2) is 29.6 Å². The lowest BCUT2D eigenvalue weighted by Crippen LogP contribution is -2.26. The van der Waals surface area contributed by atoms with Gasteiger partial charge in [0.2, 0.25) is 0 Å². The Morgan fingerprint density at radius 1 is 1.27 bits per heavy atom. The first kappa shape index (κ1) is 16.2. The molecule has 0 atom stereocenters. The van der Waals surface area contributed by atoms with Crippen LogP contribution in [0, 0.1) is 0 Å². The fraction of sp³-hybridized carbons (Fsp3) is 0.231. The molecule has 118 valence electrons. The van der Waals surface area contributed by atoms with Crippen LogP contribution in [0.25, 0.3) is 0 Å². The van der Waals surface area contributed by atoms with Gasteiger partial charge in [0, 0.05) is 17.6 Å². The Balaban J connectivity index is 2.02. The molecular formula is C13H12F3N3O2S. The summed E-state index contributed by atoms with van der Waals surface area (Å²) in [6.45, 7) is -0.0510. The van der Waals surface area contributed by atoms with Gasteiger partial charge in [-0.2, -0.15) is 13.2 Å². The van der Waals surface area contributed by atoms with Crippen molar-refractivity contribution >= 4 is 28.1 Å². The van der Waals surface area contributed by atoms with Crippen LogP contribution in [0.5, 0.6) is 0 Å². The number of amides is 1. The average molecular weight is 331 g/mol. The lowest BCUT2D eigenvalue weighted by Gasteiger charge is -2.07. The smallest absolute Gasteiger partial charge is 0.395 e. The summed E-state index contributed by atoms with van der Waals surface area (Å²) in [5.74, 6) is -0.425. The molecule has 1 aromatic heterocycles. The molecule has 1 aromatic carbocycles. The highest BCUT2D eigenvalue weighted by atomic mass is 32.1. The molecular weight excluding hydrogens is 319 g/mol. The summed E-state index contributed by atoms with van der Waals surface area (Å²) < 4.78 is 37.3. The van der Waals surface area contributed by atoms with Gasteiger partial charge in [-0.1, -0.05) is 0 Å². The molecule has 0 saturated carbocycles. The first-order valence-corrected chi connectivity index (χ1v) is 7.07. The maximum atomic E-state index is 12.4. The number of rotatable bonds is 5. The number of aliphatic hydroxyl groups is 1. The molecule has 22 heavy (non-hydrogen) atoms. The molecule has 3 N–H and O–H groups in total. The van der Waals surface area contributed by atoms with Crippen LogP contribution in [-0.4, -0.2) is 29.1 Å². The van der Waals surface area contributed by atoms with Crippen molar-refractivity contribution in [1.29, 1.82) is 0 Å². The molecule has 2 aromatic rings. The number of halogens is 3. The third-order valence-electron chi connectivity index (χ3n) is 2.60. The van der Waals surface area contributed by atoms with Crippen LogP contribution >= 0.6 is 11.3 Å². The van der Waals surface area contributed by atoms with Gasteiger partial charge in [0.25, 0.3) is 5.91 Å². The molecule has 0 radical (unpaired) electrons. The van der Waals surface area contributed by atoms with E-state index in [-0.39, 0.29) is 18.8 Å². The van der Waals surface area contributed by atoms with Crippen LogP contribution in [-0.2, 0) is 6.18 Å². The maximum absolute atomic E-state index is 12.4. The maximum Gasteiger partial charge on any atom is 0.416 e. The zero-order valence-electron chi connectivity index (χ0n) is 11.1. The number of nitrogens with one attached hydrogen (secondary N) is 2. The summed E-state index contributed by atoms with van der Waals surface area (Å²) in [5, 5.41) is 15.8. The number of carbonyl (C=O) groups excluding carboxylic acids is 1. The van der Waals surface area contributed by atoms with E-state index in [4.69, 9.17) is 5.11 Å². The number of aliphatic hydroxyl groups excluding tert-OH is 1. The molecule has 0 saturated heterocycles. The molecule has 5 nitrogen and oxygen atoms in total. The summed E-state index contributed by atoms with van der Waals surface area (Å²) in [7, 11) is 0. The number of alkyl halides is 3. The predicted molar refractivity (Wildman–Crippen MR) is 76.3 cm³/mol. The molecule has 0 aliphatic heterocycles. The average Bonchev–Trinajstić information content (AvgIpc) is 2.93. The highest BCUT2D eigenvalue weighted by Crippen LogP contribution is 2.30. The third kappa shape index (κ3) is 4.18. The number of carbonyl (C=O) groups is 1. The summed E-state index contributed by atoms with van der Waals surface area (Å²) >= 11 is 1.15. The van der Waals surface area contributed by atoms with E-state index in [9.17, 15) is 18.0 Å². The Labute approximate surface area is 127 Å².